The van der Waals surface area contributed by atoms with Gasteiger partial charge in [-0.3, -0.25) is 9.59 Å². The van der Waals surface area contributed by atoms with Gasteiger partial charge in [-0.15, -0.1) is 0 Å². The van der Waals surface area contributed by atoms with Gasteiger partial charge in [0.1, 0.15) is 0 Å². The highest BCUT2D eigenvalue weighted by Crippen LogP contribution is 2.17. The summed E-state index contributed by atoms with van der Waals surface area (Å²) in [5.74, 6) is -0.0938. The van der Waals surface area contributed by atoms with E-state index in [0.29, 0.717) is 13.0 Å². The lowest BCUT2D eigenvalue weighted by atomic mass is 10.1. The maximum Gasteiger partial charge on any atom is 0.224 e. The zero-order valence-electron chi connectivity index (χ0n) is 16.3. The molecular weight excluding hydrogens is 350 g/mol. The van der Waals surface area contributed by atoms with E-state index in [0.717, 1.165) is 30.8 Å². The van der Waals surface area contributed by atoms with E-state index < -0.39 is 0 Å². The van der Waals surface area contributed by atoms with Crippen molar-refractivity contribution in [2.45, 2.75) is 31.7 Å². The van der Waals surface area contributed by atoms with Crippen LogP contribution in [0.25, 0.3) is 0 Å². The third-order valence-corrected chi connectivity index (χ3v) is 5.06. The zero-order valence-corrected chi connectivity index (χ0v) is 16.3. The molecule has 3 rings (SSSR count). The van der Waals surface area contributed by atoms with Crippen molar-refractivity contribution in [3.8, 4) is 0 Å². The van der Waals surface area contributed by atoms with Crippen molar-refractivity contribution in [1.29, 1.82) is 0 Å². The maximum atomic E-state index is 12.5. The van der Waals surface area contributed by atoms with E-state index in [1.165, 1.54) is 12.8 Å². The Kier molecular flexibility index (Phi) is 7.62. The Bertz CT molecular complexity index is 743. The Morgan fingerprint density at radius 2 is 1.54 bits per heavy atom. The molecule has 148 valence electrons. The van der Waals surface area contributed by atoms with Gasteiger partial charge in [-0.1, -0.05) is 60.7 Å². The molecule has 5 nitrogen and oxygen atoms in total. The third kappa shape index (κ3) is 6.50. The second kappa shape index (κ2) is 10.6. The summed E-state index contributed by atoms with van der Waals surface area (Å²) in [6, 6.07) is 19.7. The number of hydrogen-bond donors (Lipinski definition) is 2. The summed E-state index contributed by atoms with van der Waals surface area (Å²) in [5.41, 5.74) is 2.09. The van der Waals surface area contributed by atoms with E-state index in [4.69, 9.17) is 0 Å². The molecule has 1 saturated heterocycles. The number of carbonyl (C=O) groups is 2. The van der Waals surface area contributed by atoms with E-state index in [1.54, 1.807) is 0 Å². The van der Waals surface area contributed by atoms with Crippen molar-refractivity contribution >= 4 is 11.8 Å². The molecule has 0 saturated carbocycles. The molecule has 0 radical (unpaired) electrons. The van der Waals surface area contributed by atoms with Crippen molar-refractivity contribution < 1.29 is 9.59 Å². The molecule has 5 heteroatoms. The Morgan fingerprint density at radius 3 is 2.21 bits per heavy atom. The van der Waals surface area contributed by atoms with Crippen molar-refractivity contribution in [3.63, 3.8) is 0 Å². The highest BCUT2D eigenvalue weighted by molar-refractivity contribution is 5.80. The molecule has 1 unspecified atom stereocenters. The molecule has 0 aliphatic carbocycles. The van der Waals surface area contributed by atoms with Gasteiger partial charge in [0.05, 0.1) is 12.5 Å². The number of amides is 2. The van der Waals surface area contributed by atoms with Crippen LogP contribution in [0.15, 0.2) is 60.7 Å². The Hall–Kier alpha value is -2.66. The minimum Gasteiger partial charge on any atom is -0.355 e. The van der Waals surface area contributed by atoms with Crippen molar-refractivity contribution in [3.05, 3.63) is 71.8 Å². The molecule has 2 aromatic rings. The summed E-state index contributed by atoms with van der Waals surface area (Å²) in [7, 11) is 0. The van der Waals surface area contributed by atoms with Gasteiger partial charge >= 0.3 is 0 Å². The first kappa shape index (κ1) is 20.1. The first-order valence-electron chi connectivity index (χ1n) is 10.1. The van der Waals surface area contributed by atoms with Gasteiger partial charge in [-0.2, -0.15) is 0 Å². The highest BCUT2D eigenvalue weighted by atomic mass is 16.2. The van der Waals surface area contributed by atoms with Crippen molar-refractivity contribution in [2.75, 3.05) is 26.2 Å². The van der Waals surface area contributed by atoms with Gasteiger partial charge < -0.3 is 15.5 Å². The number of nitrogens with one attached hydrogen (secondary N) is 2. The van der Waals surface area contributed by atoms with Crippen LogP contribution in [0.1, 0.15) is 36.4 Å². The Balaban J connectivity index is 1.45. The second-order valence-electron chi connectivity index (χ2n) is 7.30. The largest absolute Gasteiger partial charge is 0.355 e. The van der Waals surface area contributed by atoms with E-state index in [9.17, 15) is 9.59 Å². The number of carbonyl (C=O) groups excluding carboxylic acids is 2. The minimum absolute atomic E-state index is 0.0215. The van der Waals surface area contributed by atoms with Crippen LogP contribution in [0.5, 0.6) is 0 Å². The molecule has 2 amide bonds. The molecule has 0 aromatic heterocycles. The number of hydrogen-bond acceptors (Lipinski definition) is 3. The smallest absolute Gasteiger partial charge is 0.224 e. The summed E-state index contributed by atoms with van der Waals surface area (Å²) in [4.78, 5) is 26.9. The first-order valence-corrected chi connectivity index (χ1v) is 10.1. The van der Waals surface area contributed by atoms with Gasteiger partial charge in [-0.05, 0) is 37.1 Å². The SMILES string of the molecule is O=C(Cc1ccccc1)NCCC(=O)NC(CN1CCCC1)c1ccccc1. The van der Waals surface area contributed by atoms with Crippen LogP contribution in [0.3, 0.4) is 0 Å². The molecule has 1 aliphatic rings. The standard InChI is InChI=1S/C23H29N3O2/c27-22(13-14-24-23(28)17-19-9-3-1-4-10-19)25-21(18-26-15-7-8-16-26)20-11-5-2-6-12-20/h1-6,9-12,21H,7-8,13-18H2,(H,24,28)(H,25,27). The first-order chi connectivity index (χ1) is 13.7. The lowest BCUT2D eigenvalue weighted by Crippen LogP contribution is -2.38. The molecule has 1 fully saturated rings. The van der Waals surface area contributed by atoms with Crippen LogP contribution in [0.4, 0.5) is 0 Å². The quantitative estimate of drug-likeness (QED) is 0.704. The lowest BCUT2D eigenvalue weighted by Gasteiger charge is -2.25. The monoisotopic (exact) mass is 379 g/mol. The van der Waals surface area contributed by atoms with E-state index >= 15 is 0 Å². The Morgan fingerprint density at radius 1 is 0.893 bits per heavy atom. The van der Waals surface area contributed by atoms with E-state index in [-0.39, 0.29) is 24.3 Å². The van der Waals surface area contributed by atoms with E-state index in [2.05, 4.69) is 27.7 Å². The van der Waals surface area contributed by atoms with Crippen LogP contribution in [0, 0.1) is 0 Å². The second-order valence-corrected chi connectivity index (χ2v) is 7.30. The summed E-state index contributed by atoms with van der Waals surface area (Å²) < 4.78 is 0. The van der Waals surface area contributed by atoms with Gasteiger partial charge in [0.25, 0.3) is 0 Å². The summed E-state index contributed by atoms with van der Waals surface area (Å²) in [5, 5.41) is 5.99. The highest BCUT2D eigenvalue weighted by Gasteiger charge is 2.20. The number of likely N-dealkylation sites (tertiary alicyclic amines) is 1. The third-order valence-electron chi connectivity index (χ3n) is 5.06. The number of nitrogens with zero attached hydrogens (tertiary/aromatic N) is 1. The average Bonchev–Trinajstić information content (AvgIpc) is 3.22. The van der Waals surface area contributed by atoms with Crippen LogP contribution >= 0.6 is 0 Å². The fourth-order valence-electron chi connectivity index (χ4n) is 3.57. The van der Waals surface area contributed by atoms with Gasteiger partial charge in [-0.25, -0.2) is 0 Å². The fourth-order valence-corrected chi connectivity index (χ4v) is 3.57. The van der Waals surface area contributed by atoms with Crippen LogP contribution in [0.2, 0.25) is 0 Å². The Labute approximate surface area is 167 Å². The molecule has 28 heavy (non-hydrogen) atoms. The fraction of sp³-hybridized carbons (Fsp3) is 0.391. The molecule has 1 atom stereocenters. The summed E-state index contributed by atoms with van der Waals surface area (Å²) in [6.45, 7) is 3.36. The lowest BCUT2D eigenvalue weighted by molar-refractivity contribution is -0.122. The number of benzene rings is 2. The molecule has 2 N–H and O–H groups in total. The summed E-state index contributed by atoms with van der Waals surface area (Å²) in [6.07, 6.45) is 3.07. The zero-order chi connectivity index (χ0) is 19.6. The topological polar surface area (TPSA) is 61.4 Å². The number of rotatable bonds is 9. The molecular formula is C23H29N3O2. The average molecular weight is 380 g/mol. The predicted octanol–water partition coefficient (Wildman–Crippen LogP) is 2.69. The molecule has 1 aliphatic heterocycles. The van der Waals surface area contributed by atoms with Crippen molar-refractivity contribution in [2.24, 2.45) is 0 Å². The molecule has 2 aromatic carbocycles. The molecule has 1 heterocycles. The summed E-state index contributed by atoms with van der Waals surface area (Å²) >= 11 is 0. The van der Waals surface area contributed by atoms with Crippen LogP contribution < -0.4 is 10.6 Å². The molecule has 0 spiro atoms. The van der Waals surface area contributed by atoms with Gasteiger partial charge in [0, 0.05) is 19.5 Å². The molecule has 0 bridgehead atoms. The van der Waals surface area contributed by atoms with Crippen molar-refractivity contribution in [1.82, 2.24) is 15.5 Å². The normalized spacial score (nSPS) is 15.1. The van der Waals surface area contributed by atoms with Crippen LogP contribution in [-0.2, 0) is 16.0 Å². The predicted molar refractivity (Wildman–Crippen MR) is 111 cm³/mol. The minimum atomic E-state index is -0.0596. The maximum absolute atomic E-state index is 12.5. The van der Waals surface area contributed by atoms with Crippen LogP contribution in [-0.4, -0.2) is 42.9 Å². The van der Waals surface area contributed by atoms with E-state index in [1.807, 2.05) is 48.5 Å². The van der Waals surface area contributed by atoms with Gasteiger partial charge in [0.2, 0.25) is 11.8 Å². The van der Waals surface area contributed by atoms with Gasteiger partial charge in [0.15, 0.2) is 0 Å².